The Kier molecular flexibility index (Phi) is 6.41. The molecule has 0 unspecified atom stereocenters. The van der Waals surface area contributed by atoms with Crippen LogP contribution in [0.5, 0.6) is 0 Å². The van der Waals surface area contributed by atoms with Crippen LogP contribution in [-0.4, -0.2) is 68.3 Å². The maximum atomic E-state index is 6.07. The van der Waals surface area contributed by atoms with Crippen LogP contribution in [0.3, 0.4) is 0 Å². The van der Waals surface area contributed by atoms with Gasteiger partial charge in [-0.2, -0.15) is 0 Å². The largest absolute Gasteiger partial charge is 0.383 e. The van der Waals surface area contributed by atoms with Gasteiger partial charge in [-0.1, -0.05) is 13.8 Å². The molecule has 1 aliphatic heterocycles. The lowest BCUT2D eigenvalue weighted by molar-refractivity contribution is 0.0155. The first-order chi connectivity index (χ1) is 8.22. The van der Waals surface area contributed by atoms with Gasteiger partial charge in [0.15, 0.2) is 0 Å². The summed E-state index contributed by atoms with van der Waals surface area (Å²) in [6.07, 6.45) is 2.38. The van der Waals surface area contributed by atoms with E-state index in [0.29, 0.717) is 0 Å². The van der Waals surface area contributed by atoms with Gasteiger partial charge in [0.05, 0.1) is 6.61 Å². The number of likely N-dealkylation sites (tertiary alicyclic amines) is 1. The van der Waals surface area contributed by atoms with E-state index in [1.807, 2.05) is 0 Å². The van der Waals surface area contributed by atoms with Crippen molar-refractivity contribution in [1.82, 2.24) is 9.80 Å². The van der Waals surface area contributed by atoms with Crippen LogP contribution in [0.1, 0.15) is 26.7 Å². The molecule has 0 aromatic heterocycles. The van der Waals surface area contributed by atoms with Gasteiger partial charge in [0, 0.05) is 25.7 Å². The molecular weight excluding hydrogens is 214 g/mol. The molecule has 4 heteroatoms. The molecule has 0 saturated carbocycles. The van der Waals surface area contributed by atoms with Crippen LogP contribution in [0.15, 0.2) is 0 Å². The molecule has 0 atom stereocenters. The van der Waals surface area contributed by atoms with Crippen molar-refractivity contribution in [2.24, 2.45) is 5.73 Å². The van der Waals surface area contributed by atoms with Crippen molar-refractivity contribution in [3.8, 4) is 0 Å². The van der Waals surface area contributed by atoms with Crippen LogP contribution in [0.2, 0.25) is 0 Å². The SMILES string of the molecule is CCN1CCC(CN)(N(CC)CCOC)CC1. The molecule has 1 heterocycles. The summed E-state index contributed by atoms with van der Waals surface area (Å²) in [4.78, 5) is 5.03. The van der Waals surface area contributed by atoms with Crippen molar-refractivity contribution < 1.29 is 4.74 Å². The standard InChI is InChI=1S/C13H29N3O/c1-4-15-8-6-13(12-14,7-9-15)16(5-2)10-11-17-3/h4-12,14H2,1-3H3. The molecule has 0 bridgehead atoms. The van der Waals surface area contributed by atoms with Crippen molar-refractivity contribution in [3.05, 3.63) is 0 Å². The minimum Gasteiger partial charge on any atom is -0.383 e. The van der Waals surface area contributed by atoms with Crippen LogP contribution < -0.4 is 5.73 Å². The van der Waals surface area contributed by atoms with Crippen molar-refractivity contribution in [2.75, 3.05) is 53.0 Å². The fourth-order valence-electron chi connectivity index (χ4n) is 2.87. The van der Waals surface area contributed by atoms with Gasteiger partial charge in [-0.25, -0.2) is 0 Å². The maximum absolute atomic E-state index is 6.07. The Bertz CT molecular complexity index is 203. The van der Waals surface area contributed by atoms with Crippen molar-refractivity contribution in [2.45, 2.75) is 32.2 Å². The number of piperidine rings is 1. The number of hydrogen-bond acceptors (Lipinski definition) is 4. The molecule has 4 nitrogen and oxygen atoms in total. The highest BCUT2D eigenvalue weighted by molar-refractivity contribution is 4.95. The predicted molar refractivity (Wildman–Crippen MR) is 72.3 cm³/mol. The van der Waals surface area contributed by atoms with E-state index in [1.165, 1.54) is 25.9 Å². The predicted octanol–water partition coefficient (Wildman–Crippen LogP) is 0.768. The molecule has 0 amide bonds. The highest BCUT2D eigenvalue weighted by atomic mass is 16.5. The second kappa shape index (κ2) is 7.31. The summed E-state index contributed by atoms with van der Waals surface area (Å²) in [6, 6.07) is 0. The average Bonchev–Trinajstić information content (AvgIpc) is 2.40. The van der Waals surface area contributed by atoms with Crippen LogP contribution in [0, 0.1) is 0 Å². The highest BCUT2D eigenvalue weighted by Gasteiger charge is 2.37. The fraction of sp³-hybridized carbons (Fsp3) is 1.00. The van der Waals surface area contributed by atoms with E-state index in [9.17, 15) is 0 Å². The molecule has 1 saturated heterocycles. The molecule has 0 aromatic rings. The third-order valence-corrected chi connectivity index (χ3v) is 4.23. The first kappa shape index (κ1) is 14.9. The maximum Gasteiger partial charge on any atom is 0.0589 e. The third-order valence-electron chi connectivity index (χ3n) is 4.23. The van der Waals surface area contributed by atoms with Crippen molar-refractivity contribution in [1.29, 1.82) is 0 Å². The zero-order valence-corrected chi connectivity index (χ0v) is 11.7. The summed E-state index contributed by atoms with van der Waals surface area (Å²) in [6.45, 7) is 11.6. The van der Waals surface area contributed by atoms with Crippen LogP contribution in [0.4, 0.5) is 0 Å². The van der Waals surface area contributed by atoms with Crippen molar-refractivity contribution in [3.63, 3.8) is 0 Å². The summed E-state index contributed by atoms with van der Waals surface area (Å²) in [5, 5.41) is 0. The molecule has 17 heavy (non-hydrogen) atoms. The lowest BCUT2D eigenvalue weighted by Gasteiger charge is -2.48. The summed E-state index contributed by atoms with van der Waals surface area (Å²) in [7, 11) is 1.77. The molecule has 1 rings (SSSR count). The zero-order valence-electron chi connectivity index (χ0n) is 11.7. The van der Waals surface area contributed by atoms with Gasteiger partial charge in [-0.3, -0.25) is 4.90 Å². The van der Waals surface area contributed by atoms with E-state index in [2.05, 4.69) is 23.6 Å². The van der Waals surface area contributed by atoms with E-state index in [4.69, 9.17) is 10.5 Å². The van der Waals surface area contributed by atoms with Gasteiger partial charge in [-0.05, 0) is 39.0 Å². The molecular formula is C13H29N3O. The lowest BCUT2D eigenvalue weighted by Crippen LogP contribution is -2.60. The Labute approximate surface area is 106 Å². The van der Waals surface area contributed by atoms with E-state index in [-0.39, 0.29) is 5.54 Å². The first-order valence-corrected chi connectivity index (χ1v) is 6.88. The number of nitrogens with zero attached hydrogens (tertiary/aromatic N) is 2. The minimum atomic E-state index is 0.207. The Morgan fingerprint density at radius 2 is 1.94 bits per heavy atom. The van der Waals surface area contributed by atoms with Gasteiger partial charge < -0.3 is 15.4 Å². The summed E-state index contributed by atoms with van der Waals surface area (Å²) in [5.74, 6) is 0. The second-order valence-corrected chi connectivity index (χ2v) is 4.94. The molecule has 0 aliphatic carbocycles. The van der Waals surface area contributed by atoms with Crippen LogP contribution in [-0.2, 0) is 4.74 Å². The molecule has 0 spiro atoms. The van der Waals surface area contributed by atoms with E-state index in [1.54, 1.807) is 7.11 Å². The quantitative estimate of drug-likeness (QED) is 0.717. The van der Waals surface area contributed by atoms with Crippen LogP contribution >= 0.6 is 0 Å². The molecule has 102 valence electrons. The van der Waals surface area contributed by atoms with E-state index < -0.39 is 0 Å². The number of rotatable bonds is 7. The number of hydrogen-bond donors (Lipinski definition) is 1. The van der Waals surface area contributed by atoms with Crippen LogP contribution in [0.25, 0.3) is 0 Å². The molecule has 1 aliphatic rings. The Morgan fingerprint density at radius 1 is 1.29 bits per heavy atom. The Balaban J connectivity index is 2.60. The molecule has 2 N–H and O–H groups in total. The van der Waals surface area contributed by atoms with Gasteiger partial charge in [0.2, 0.25) is 0 Å². The summed E-state index contributed by atoms with van der Waals surface area (Å²) >= 11 is 0. The smallest absolute Gasteiger partial charge is 0.0589 e. The summed E-state index contributed by atoms with van der Waals surface area (Å²) < 4.78 is 5.20. The number of likely N-dealkylation sites (N-methyl/N-ethyl adjacent to an activating group) is 1. The molecule has 1 fully saturated rings. The average molecular weight is 243 g/mol. The summed E-state index contributed by atoms with van der Waals surface area (Å²) in [5.41, 5.74) is 6.28. The monoisotopic (exact) mass is 243 g/mol. The number of ether oxygens (including phenoxy) is 1. The molecule has 0 radical (unpaired) electrons. The van der Waals surface area contributed by atoms with Gasteiger partial charge in [0.1, 0.15) is 0 Å². The topological polar surface area (TPSA) is 41.7 Å². The van der Waals surface area contributed by atoms with Gasteiger partial charge in [-0.15, -0.1) is 0 Å². The lowest BCUT2D eigenvalue weighted by atomic mass is 9.85. The van der Waals surface area contributed by atoms with E-state index in [0.717, 1.165) is 32.8 Å². The normalized spacial score (nSPS) is 21.0. The minimum absolute atomic E-state index is 0.207. The fourth-order valence-corrected chi connectivity index (χ4v) is 2.87. The third kappa shape index (κ3) is 3.65. The zero-order chi connectivity index (χ0) is 12.7. The first-order valence-electron chi connectivity index (χ1n) is 6.88. The molecule has 0 aromatic carbocycles. The second-order valence-electron chi connectivity index (χ2n) is 4.94. The van der Waals surface area contributed by atoms with Gasteiger partial charge in [0.25, 0.3) is 0 Å². The number of methoxy groups -OCH3 is 1. The van der Waals surface area contributed by atoms with E-state index >= 15 is 0 Å². The number of nitrogens with two attached hydrogens (primary N) is 1. The van der Waals surface area contributed by atoms with Crippen molar-refractivity contribution >= 4 is 0 Å². The Hall–Kier alpha value is -0.160. The van der Waals surface area contributed by atoms with Gasteiger partial charge >= 0.3 is 0 Å². The Morgan fingerprint density at radius 3 is 2.35 bits per heavy atom. The highest BCUT2D eigenvalue weighted by Crippen LogP contribution is 2.27.